The maximum Gasteiger partial charge on any atom is 0.353 e. The van der Waals surface area contributed by atoms with Gasteiger partial charge in [-0.3, -0.25) is 9.69 Å². The van der Waals surface area contributed by atoms with Crippen molar-refractivity contribution in [3.8, 4) is 0 Å². The van der Waals surface area contributed by atoms with Gasteiger partial charge in [0.25, 0.3) is 0 Å². The molecule has 1 saturated heterocycles. The van der Waals surface area contributed by atoms with E-state index in [0.717, 1.165) is 5.56 Å². The fourth-order valence-electron chi connectivity index (χ4n) is 2.09. The molecule has 2 heterocycles. The van der Waals surface area contributed by atoms with Crippen LogP contribution in [0.15, 0.2) is 30.0 Å². The summed E-state index contributed by atoms with van der Waals surface area (Å²) in [5.41, 5.74) is 7.10. The lowest BCUT2D eigenvalue weighted by Crippen LogP contribution is -2.48. The Morgan fingerprint density at radius 3 is 2.61 bits per heavy atom. The van der Waals surface area contributed by atoms with Crippen LogP contribution in [0.2, 0.25) is 0 Å². The van der Waals surface area contributed by atoms with Crippen LogP contribution in [0.25, 0.3) is 4.91 Å². The Kier molecular flexibility index (Phi) is 2.34. The largest absolute Gasteiger partial charge is 0.477 e. The van der Waals surface area contributed by atoms with E-state index in [1.165, 1.54) is 16.7 Å². The number of hydrogen-bond acceptors (Lipinski definition) is 4. The lowest BCUT2D eigenvalue weighted by molar-refractivity contribution is -0.145. The minimum Gasteiger partial charge on any atom is -0.477 e. The number of rotatable bonds is 2. The number of carboxylic acid groups (broad SMARTS) is 1. The third-order valence-electron chi connectivity index (χ3n) is 2.99. The highest BCUT2D eigenvalue weighted by Crippen LogP contribution is 2.50. The van der Waals surface area contributed by atoms with Crippen molar-refractivity contribution in [1.29, 1.82) is 0 Å². The molecule has 2 aliphatic rings. The normalized spacial score (nSPS) is 21.9. The molecule has 0 aromatic heterocycles. The van der Waals surface area contributed by atoms with E-state index in [1.54, 1.807) is 24.3 Å². The Balaban J connectivity index is 2.08. The van der Waals surface area contributed by atoms with Gasteiger partial charge in [0.15, 0.2) is 0 Å². The zero-order valence-corrected chi connectivity index (χ0v) is 10.1. The summed E-state index contributed by atoms with van der Waals surface area (Å²) in [7, 11) is 0. The molecule has 2 aliphatic heterocycles. The number of aliphatic carboxylic acids is 1. The molecule has 1 aromatic rings. The van der Waals surface area contributed by atoms with Crippen molar-refractivity contribution in [2.24, 2.45) is 0 Å². The second kappa shape index (κ2) is 3.78. The van der Waals surface area contributed by atoms with Crippen molar-refractivity contribution in [2.75, 3.05) is 5.73 Å². The first-order valence-electron chi connectivity index (χ1n) is 5.40. The molecule has 92 valence electrons. The Labute approximate surface area is 107 Å². The lowest BCUT2D eigenvalue weighted by Gasteiger charge is -2.33. The molecule has 18 heavy (non-hydrogen) atoms. The van der Waals surface area contributed by atoms with Crippen LogP contribution in [0.5, 0.6) is 0 Å². The Hall–Kier alpha value is -1.95. The monoisotopic (exact) mass is 262 g/mol. The van der Waals surface area contributed by atoms with E-state index in [-0.39, 0.29) is 17.0 Å². The van der Waals surface area contributed by atoms with Crippen LogP contribution < -0.4 is 5.73 Å². The van der Waals surface area contributed by atoms with Crippen molar-refractivity contribution in [1.82, 2.24) is 4.90 Å². The summed E-state index contributed by atoms with van der Waals surface area (Å²) in [6.07, 6.45) is 0.403. The van der Waals surface area contributed by atoms with Gasteiger partial charge in [0.05, 0.1) is 11.8 Å². The number of carbonyl (C=O) groups excluding carboxylic acids is 1. The topological polar surface area (TPSA) is 83.6 Å². The average molecular weight is 262 g/mol. The Morgan fingerprint density at radius 1 is 1.39 bits per heavy atom. The van der Waals surface area contributed by atoms with Gasteiger partial charge in [-0.2, -0.15) is 0 Å². The SMILES string of the molecule is Nc1ccc(C2=C(C(=O)O)N3C(=O)C[C@H]3S2)cc1. The number of anilines is 1. The molecule has 5 nitrogen and oxygen atoms in total. The molecule has 0 unspecified atom stereocenters. The molecule has 0 aliphatic carbocycles. The Bertz CT molecular complexity index is 579. The number of β-lactam (4-membered cyclic amide) rings is 1. The first-order valence-corrected chi connectivity index (χ1v) is 6.28. The number of carboxylic acids is 1. The van der Waals surface area contributed by atoms with Gasteiger partial charge in [-0.25, -0.2) is 4.79 Å². The van der Waals surface area contributed by atoms with Crippen molar-refractivity contribution in [3.63, 3.8) is 0 Å². The lowest BCUT2D eigenvalue weighted by atomic mass is 10.1. The van der Waals surface area contributed by atoms with Crippen LogP contribution in [-0.2, 0) is 9.59 Å². The van der Waals surface area contributed by atoms with E-state index >= 15 is 0 Å². The molecule has 1 fully saturated rings. The third kappa shape index (κ3) is 1.49. The molecule has 1 amide bonds. The smallest absolute Gasteiger partial charge is 0.353 e. The summed E-state index contributed by atoms with van der Waals surface area (Å²) >= 11 is 1.42. The molecule has 0 spiro atoms. The van der Waals surface area contributed by atoms with Gasteiger partial charge in [0.2, 0.25) is 5.91 Å². The van der Waals surface area contributed by atoms with Gasteiger partial charge < -0.3 is 10.8 Å². The van der Waals surface area contributed by atoms with Crippen LogP contribution >= 0.6 is 11.8 Å². The van der Waals surface area contributed by atoms with Crippen molar-refractivity contribution in [3.05, 3.63) is 35.5 Å². The van der Waals surface area contributed by atoms with Gasteiger partial charge in [0, 0.05) is 10.6 Å². The van der Waals surface area contributed by atoms with Crippen LogP contribution in [0.4, 0.5) is 5.69 Å². The van der Waals surface area contributed by atoms with Gasteiger partial charge in [-0.15, -0.1) is 0 Å². The van der Waals surface area contributed by atoms with E-state index in [2.05, 4.69) is 0 Å². The molecule has 3 rings (SSSR count). The summed E-state index contributed by atoms with van der Waals surface area (Å²) in [6.45, 7) is 0. The number of thioether (sulfide) groups is 1. The highest BCUT2D eigenvalue weighted by Gasteiger charge is 2.48. The Morgan fingerprint density at radius 2 is 2.06 bits per heavy atom. The van der Waals surface area contributed by atoms with Crippen LogP contribution in [0, 0.1) is 0 Å². The zero-order valence-electron chi connectivity index (χ0n) is 9.29. The highest BCUT2D eigenvalue weighted by molar-refractivity contribution is 8.09. The fraction of sp³-hybridized carbons (Fsp3) is 0.167. The predicted molar refractivity (Wildman–Crippen MR) is 68.3 cm³/mol. The van der Waals surface area contributed by atoms with Crippen molar-refractivity contribution < 1.29 is 14.7 Å². The van der Waals surface area contributed by atoms with E-state index in [4.69, 9.17) is 5.73 Å². The number of carbonyl (C=O) groups is 2. The first kappa shape index (κ1) is 11.2. The van der Waals surface area contributed by atoms with Crippen LogP contribution in [0.3, 0.4) is 0 Å². The van der Waals surface area contributed by atoms with Crippen molar-refractivity contribution >= 4 is 34.2 Å². The number of nitrogen functional groups attached to an aromatic ring is 1. The summed E-state index contributed by atoms with van der Waals surface area (Å²) in [5, 5.41) is 9.19. The molecular weight excluding hydrogens is 252 g/mol. The fourth-order valence-corrected chi connectivity index (χ4v) is 3.49. The minimum atomic E-state index is -1.06. The van der Waals surface area contributed by atoms with Crippen LogP contribution in [-0.4, -0.2) is 27.3 Å². The summed E-state index contributed by atoms with van der Waals surface area (Å²) in [6, 6.07) is 6.99. The minimum absolute atomic E-state index is 0.0591. The molecule has 1 aromatic carbocycles. The third-order valence-corrected chi connectivity index (χ3v) is 4.31. The zero-order chi connectivity index (χ0) is 12.9. The van der Waals surface area contributed by atoms with Gasteiger partial charge in [-0.05, 0) is 17.7 Å². The second-order valence-electron chi connectivity index (χ2n) is 4.15. The first-order chi connectivity index (χ1) is 8.58. The number of benzene rings is 1. The molecular formula is C12H10N2O3S. The van der Waals surface area contributed by atoms with Crippen LogP contribution in [0.1, 0.15) is 12.0 Å². The maximum absolute atomic E-state index is 11.5. The highest BCUT2D eigenvalue weighted by atomic mass is 32.2. The van der Waals surface area contributed by atoms with E-state index < -0.39 is 5.97 Å². The molecule has 6 heteroatoms. The summed E-state index contributed by atoms with van der Waals surface area (Å²) in [5.74, 6) is -1.19. The summed E-state index contributed by atoms with van der Waals surface area (Å²) in [4.78, 5) is 24.7. The second-order valence-corrected chi connectivity index (χ2v) is 5.33. The summed E-state index contributed by atoms with van der Waals surface area (Å²) < 4.78 is 0. The van der Waals surface area contributed by atoms with E-state index in [0.29, 0.717) is 17.0 Å². The maximum atomic E-state index is 11.5. The number of nitrogens with zero attached hydrogens (tertiary/aromatic N) is 1. The van der Waals surface area contributed by atoms with Gasteiger partial charge in [0.1, 0.15) is 5.70 Å². The molecule has 1 atom stereocenters. The molecule has 0 radical (unpaired) electrons. The van der Waals surface area contributed by atoms with E-state index in [1.807, 2.05) is 0 Å². The molecule has 0 saturated carbocycles. The molecule has 0 bridgehead atoms. The van der Waals surface area contributed by atoms with Gasteiger partial charge >= 0.3 is 5.97 Å². The van der Waals surface area contributed by atoms with E-state index in [9.17, 15) is 14.7 Å². The predicted octanol–water partition coefficient (Wildman–Crippen LogP) is 1.33. The average Bonchev–Trinajstić information content (AvgIpc) is 2.63. The van der Waals surface area contributed by atoms with Gasteiger partial charge in [-0.1, -0.05) is 23.9 Å². The quantitative estimate of drug-likeness (QED) is 0.620. The van der Waals surface area contributed by atoms with Crippen molar-refractivity contribution in [2.45, 2.75) is 11.8 Å². The number of amides is 1. The number of fused-ring (bicyclic) bond motifs is 1. The number of hydrogen-bond donors (Lipinski definition) is 2. The standard InChI is InChI=1S/C12H10N2O3S/c13-7-3-1-6(2-4-7)11-10(12(16)17)14-8(15)5-9(14)18-11/h1-4,9H,5,13H2,(H,16,17)/t9-/m1/s1. The molecule has 3 N–H and O–H groups in total. The number of nitrogens with two attached hydrogens (primary N) is 1.